The molecule has 8 heteroatoms. The third-order valence-electron chi connectivity index (χ3n) is 4.78. The first-order chi connectivity index (χ1) is 17.1. The Morgan fingerprint density at radius 2 is 1.57 bits per heavy atom. The van der Waals surface area contributed by atoms with Crippen LogP contribution in [0.15, 0.2) is 77.9 Å². The summed E-state index contributed by atoms with van der Waals surface area (Å²) in [6.07, 6.45) is 3.52. The number of hydrazone groups is 1. The summed E-state index contributed by atoms with van der Waals surface area (Å²) in [5, 5.41) is 3.91. The van der Waals surface area contributed by atoms with E-state index in [2.05, 4.69) is 17.5 Å². The molecule has 0 atom stereocenters. The van der Waals surface area contributed by atoms with Gasteiger partial charge in [0.1, 0.15) is 11.5 Å². The number of hydrogen-bond acceptors (Lipinski definition) is 7. The van der Waals surface area contributed by atoms with Crippen LogP contribution in [0.4, 0.5) is 0 Å². The molecule has 0 unspecified atom stereocenters. The van der Waals surface area contributed by atoms with Gasteiger partial charge in [-0.15, -0.1) is 0 Å². The van der Waals surface area contributed by atoms with Gasteiger partial charge < -0.3 is 18.9 Å². The molecule has 3 aromatic rings. The monoisotopic (exact) mass is 476 g/mol. The zero-order valence-electron chi connectivity index (χ0n) is 19.7. The van der Waals surface area contributed by atoms with Crippen LogP contribution in [0.25, 0.3) is 0 Å². The molecule has 1 amide bonds. The fourth-order valence-electron chi connectivity index (χ4n) is 2.90. The molecule has 0 heterocycles. The van der Waals surface area contributed by atoms with E-state index in [0.717, 1.165) is 18.6 Å². The second-order valence-corrected chi connectivity index (χ2v) is 7.42. The molecule has 0 aromatic heterocycles. The number of benzene rings is 3. The number of para-hydroxylation sites is 2. The summed E-state index contributed by atoms with van der Waals surface area (Å²) < 4.78 is 21.6. The minimum atomic E-state index is -0.464. The van der Waals surface area contributed by atoms with E-state index in [1.165, 1.54) is 13.3 Å². The number of carbonyl (C=O) groups is 2. The lowest BCUT2D eigenvalue weighted by atomic mass is 10.2. The van der Waals surface area contributed by atoms with Gasteiger partial charge in [-0.3, -0.25) is 4.79 Å². The highest BCUT2D eigenvalue weighted by Crippen LogP contribution is 2.25. The van der Waals surface area contributed by atoms with Crippen molar-refractivity contribution in [3.05, 3.63) is 83.9 Å². The number of methoxy groups -OCH3 is 1. The maximum absolute atomic E-state index is 12.4. The van der Waals surface area contributed by atoms with Crippen molar-refractivity contribution in [2.45, 2.75) is 19.8 Å². The lowest BCUT2D eigenvalue weighted by Gasteiger charge is -2.09. The van der Waals surface area contributed by atoms with Crippen molar-refractivity contribution in [2.24, 2.45) is 5.10 Å². The van der Waals surface area contributed by atoms with Gasteiger partial charge in [0, 0.05) is 0 Å². The van der Waals surface area contributed by atoms with E-state index in [1.807, 2.05) is 6.07 Å². The van der Waals surface area contributed by atoms with Crippen molar-refractivity contribution in [1.29, 1.82) is 0 Å². The Bertz CT molecular complexity index is 1130. The fraction of sp³-hybridized carbons (Fsp3) is 0.222. The largest absolute Gasteiger partial charge is 0.494 e. The number of esters is 1. The highest BCUT2D eigenvalue weighted by molar-refractivity contribution is 5.91. The topological polar surface area (TPSA) is 95.5 Å². The van der Waals surface area contributed by atoms with Crippen molar-refractivity contribution in [1.82, 2.24) is 5.43 Å². The Morgan fingerprint density at radius 3 is 2.26 bits per heavy atom. The van der Waals surface area contributed by atoms with E-state index in [9.17, 15) is 9.59 Å². The summed E-state index contributed by atoms with van der Waals surface area (Å²) in [5.41, 5.74) is 3.54. The number of ether oxygens (including phenoxy) is 4. The fourth-order valence-corrected chi connectivity index (χ4v) is 2.90. The highest BCUT2D eigenvalue weighted by Gasteiger charge is 2.09. The van der Waals surface area contributed by atoms with Crippen molar-refractivity contribution in [3.63, 3.8) is 0 Å². The van der Waals surface area contributed by atoms with Crippen molar-refractivity contribution in [2.75, 3.05) is 20.3 Å². The van der Waals surface area contributed by atoms with Gasteiger partial charge in [0.05, 0.1) is 25.5 Å². The molecular weight excluding hydrogens is 448 g/mol. The Kier molecular flexibility index (Phi) is 9.68. The van der Waals surface area contributed by atoms with Crippen LogP contribution in [-0.2, 0) is 4.79 Å². The van der Waals surface area contributed by atoms with E-state index >= 15 is 0 Å². The van der Waals surface area contributed by atoms with E-state index < -0.39 is 11.9 Å². The molecule has 0 radical (unpaired) electrons. The van der Waals surface area contributed by atoms with E-state index in [1.54, 1.807) is 66.7 Å². The maximum atomic E-state index is 12.4. The van der Waals surface area contributed by atoms with E-state index in [0.29, 0.717) is 35.0 Å². The van der Waals surface area contributed by atoms with Crippen LogP contribution in [0.1, 0.15) is 35.7 Å². The van der Waals surface area contributed by atoms with Gasteiger partial charge in [0.15, 0.2) is 18.1 Å². The summed E-state index contributed by atoms with van der Waals surface area (Å²) >= 11 is 0. The van der Waals surface area contributed by atoms with Crippen molar-refractivity contribution in [3.8, 4) is 23.0 Å². The van der Waals surface area contributed by atoms with Crippen LogP contribution in [0.2, 0.25) is 0 Å². The first kappa shape index (κ1) is 25.3. The molecule has 182 valence electrons. The summed E-state index contributed by atoms with van der Waals surface area (Å²) in [7, 11) is 1.53. The van der Waals surface area contributed by atoms with Crippen LogP contribution < -0.4 is 24.4 Å². The molecule has 0 saturated carbocycles. The summed E-state index contributed by atoms with van der Waals surface area (Å²) in [5.74, 6) is 1.24. The summed E-state index contributed by atoms with van der Waals surface area (Å²) in [4.78, 5) is 24.3. The van der Waals surface area contributed by atoms with Gasteiger partial charge >= 0.3 is 5.97 Å². The van der Waals surface area contributed by atoms with Crippen LogP contribution >= 0.6 is 0 Å². The lowest BCUT2D eigenvalue weighted by molar-refractivity contribution is -0.123. The van der Waals surface area contributed by atoms with E-state index in [-0.39, 0.29) is 6.61 Å². The average molecular weight is 477 g/mol. The second-order valence-electron chi connectivity index (χ2n) is 7.42. The molecule has 8 nitrogen and oxygen atoms in total. The predicted molar refractivity (Wildman–Crippen MR) is 132 cm³/mol. The number of nitrogens with zero attached hydrogens (tertiary/aromatic N) is 1. The molecule has 0 saturated heterocycles. The Labute approximate surface area is 204 Å². The van der Waals surface area contributed by atoms with Gasteiger partial charge in [0.2, 0.25) is 0 Å². The lowest BCUT2D eigenvalue weighted by Crippen LogP contribution is -2.24. The number of amides is 1. The molecule has 0 aliphatic rings. The third kappa shape index (κ3) is 8.19. The molecule has 3 rings (SSSR count). The van der Waals surface area contributed by atoms with Crippen LogP contribution in [-0.4, -0.2) is 38.4 Å². The van der Waals surface area contributed by atoms with Crippen molar-refractivity contribution < 1.29 is 28.5 Å². The highest BCUT2D eigenvalue weighted by atomic mass is 16.5. The predicted octanol–water partition coefficient (Wildman–Crippen LogP) is 4.62. The quantitative estimate of drug-likeness (QED) is 0.135. The summed E-state index contributed by atoms with van der Waals surface area (Å²) in [6, 6.07) is 20.6. The first-order valence-electron chi connectivity index (χ1n) is 11.2. The van der Waals surface area contributed by atoms with E-state index in [4.69, 9.17) is 18.9 Å². The SMILES string of the molecule is CCCCOc1ccc(C(=O)Oc2ccc(/C=N/NC(=O)COc3ccccc3OC)cc2)cc1. The Morgan fingerprint density at radius 1 is 0.886 bits per heavy atom. The standard InChI is InChI=1S/C27H28N2O6/c1-3-4-17-33-22-15-11-21(12-16-22)27(31)35-23-13-9-20(10-14-23)18-28-29-26(30)19-34-25-8-6-5-7-24(25)32-2/h5-16,18H,3-4,17,19H2,1-2H3,(H,29,30)/b28-18+. The van der Waals surface area contributed by atoms with Gasteiger partial charge in [-0.1, -0.05) is 25.5 Å². The number of carbonyl (C=O) groups excluding carboxylic acids is 2. The zero-order valence-corrected chi connectivity index (χ0v) is 19.7. The first-order valence-corrected chi connectivity index (χ1v) is 11.2. The number of rotatable bonds is 12. The summed E-state index contributed by atoms with van der Waals surface area (Å²) in [6.45, 7) is 2.54. The smallest absolute Gasteiger partial charge is 0.343 e. The molecule has 0 bridgehead atoms. The third-order valence-corrected chi connectivity index (χ3v) is 4.78. The van der Waals surface area contributed by atoms with Gasteiger partial charge in [-0.2, -0.15) is 5.10 Å². The van der Waals surface area contributed by atoms with Crippen LogP contribution in [0.3, 0.4) is 0 Å². The van der Waals surface area contributed by atoms with Crippen molar-refractivity contribution >= 4 is 18.1 Å². The zero-order chi connectivity index (χ0) is 24.9. The maximum Gasteiger partial charge on any atom is 0.343 e. The molecule has 0 fully saturated rings. The minimum absolute atomic E-state index is 0.210. The van der Waals surface area contributed by atoms with Gasteiger partial charge in [0.25, 0.3) is 5.91 Å². The second kappa shape index (κ2) is 13.4. The Hall–Kier alpha value is -4.33. The number of unbranched alkanes of at least 4 members (excludes halogenated alkanes) is 1. The normalized spacial score (nSPS) is 10.6. The molecular formula is C27H28N2O6. The average Bonchev–Trinajstić information content (AvgIpc) is 2.89. The molecule has 0 aliphatic heterocycles. The van der Waals surface area contributed by atoms with Crippen LogP contribution in [0.5, 0.6) is 23.0 Å². The molecule has 35 heavy (non-hydrogen) atoms. The molecule has 0 spiro atoms. The molecule has 0 aliphatic carbocycles. The number of hydrogen-bond donors (Lipinski definition) is 1. The number of nitrogens with one attached hydrogen (secondary N) is 1. The Balaban J connectivity index is 1.44. The van der Waals surface area contributed by atoms with Crippen LogP contribution in [0, 0.1) is 0 Å². The van der Waals surface area contributed by atoms with Gasteiger partial charge in [-0.25, -0.2) is 10.2 Å². The minimum Gasteiger partial charge on any atom is -0.494 e. The molecule has 1 N–H and O–H groups in total. The van der Waals surface area contributed by atoms with Gasteiger partial charge in [-0.05, 0) is 72.6 Å². The molecule has 3 aromatic carbocycles.